The van der Waals surface area contributed by atoms with E-state index in [9.17, 15) is 9.90 Å². The van der Waals surface area contributed by atoms with Gasteiger partial charge < -0.3 is 14.7 Å². The number of rotatable bonds is 4. The predicted octanol–water partition coefficient (Wildman–Crippen LogP) is 2.61. The highest BCUT2D eigenvalue weighted by Crippen LogP contribution is 2.27. The highest BCUT2D eigenvalue weighted by atomic mass is 16.5. The summed E-state index contributed by atoms with van der Waals surface area (Å²) in [5.74, 6) is 0.813. The van der Waals surface area contributed by atoms with E-state index in [1.54, 1.807) is 43.3 Å². The number of methoxy groups -OCH3 is 1. The molecular formula is C16H17NO3. The zero-order chi connectivity index (χ0) is 14.5. The number of phenolic OH excluding ortho intramolecular Hbond substituents is 1. The van der Waals surface area contributed by atoms with E-state index in [0.717, 1.165) is 11.3 Å². The molecule has 4 heteroatoms. The number of carbonyl (C=O) groups excluding carboxylic acids is 1. The third-order valence-corrected chi connectivity index (χ3v) is 3.11. The SMILES string of the molecule is COc1ccccc1N(C)C(=O)Cc1ccc(O)cc1. The Balaban J connectivity index is 2.14. The Morgan fingerprint density at radius 2 is 1.80 bits per heavy atom. The molecule has 0 atom stereocenters. The van der Waals surface area contributed by atoms with E-state index in [2.05, 4.69) is 0 Å². The lowest BCUT2D eigenvalue weighted by Crippen LogP contribution is -2.28. The smallest absolute Gasteiger partial charge is 0.231 e. The van der Waals surface area contributed by atoms with Gasteiger partial charge in [0.25, 0.3) is 0 Å². The molecule has 0 aliphatic rings. The van der Waals surface area contributed by atoms with Gasteiger partial charge in [0.2, 0.25) is 5.91 Å². The summed E-state index contributed by atoms with van der Waals surface area (Å²) >= 11 is 0. The maximum atomic E-state index is 12.3. The van der Waals surface area contributed by atoms with E-state index >= 15 is 0 Å². The second-order valence-electron chi connectivity index (χ2n) is 4.47. The summed E-state index contributed by atoms with van der Waals surface area (Å²) < 4.78 is 5.26. The Bertz CT molecular complexity index is 593. The van der Waals surface area contributed by atoms with Crippen LogP contribution in [0.4, 0.5) is 5.69 Å². The summed E-state index contributed by atoms with van der Waals surface area (Å²) in [7, 11) is 3.30. The zero-order valence-electron chi connectivity index (χ0n) is 11.5. The number of carbonyl (C=O) groups is 1. The van der Waals surface area contributed by atoms with E-state index in [-0.39, 0.29) is 18.1 Å². The van der Waals surface area contributed by atoms with Gasteiger partial charge in [-0.1, -0.05) is 24.3 Å². The highest BCUT2D eigenvalue weighted by Gasteiger charge is 2.15. The highest BCUT2D eigenvalue weighted by molar-refractivity contribution is 5.95. The summed E-state index contributed by atoms with van der Waals surface area (Å²) in [5.41, 5.74) is 1.59. The Kier molecular flexibility index (Phi) is 4.25. The molecule has 0 aromatic heterocycles. The number of anilines is 1. The second kappa shape index (κ2) is 6.10. The zero-order valence-corrected chi connectivity index (χ0v) is 11.5. The van der Waals surface area contributed by atoms with Gasteiger partial charge in [-0.25, -0.2) is 0 Å². The Morgan fingerprint density at radius 3 is 2.45 bits per heavy atom. The first-order valence-electron chi connectivity index (χ1n) is 6.29. The van der Waals surface area contributed by atoms with Gasteiger partial charge >= 0.3 is 0 Å². The average molecular weight is 271 g/mol. The van der Waals surface area contributed by atoms with Crippen LogP contribution in [0.2, 0.25) is 0 Å². The third kappa shape index (κ3) is 3.09. The quantitative estimate of drug-likeness (QED) is 0.930. The van der Waals surface area contributed by atoms with Crippen molar-refractivity contribution in [3.05, 3.63) is 54.1 Å². The molecule has 2 aromatic carbocycles. The molecule has 0 fully saturated rings. The van der Waals surface area contributed by atoms with E-state index in [4.69, 9.17) is 4.74 Å². The van der Waals surface area contributed by atoms with Crippen molar-refractivity contribution in [2.45, 2.75) is 6.42 Å². The lowest BCUT2D eigenvalue weighted by Gasteiger charge is -2.20. The molecule has 2 rings (SSSR count). The van der Waals surface area contributed by atoms with Gasteiger partial charge in [0.05, 0.1) is 19.2 Å². The van der Waals surface area contributed by atoms with Crippen LogP contribution in [0.5, 0.6) is 11.5 Å². The third-order valence-electron chi connectivity index (χ3n) is 3.11. The largest absolute Gasteiger partial charge is 0.508 e. The molecule has 0 unspecified atom stereocenters. The Hall–Kier alpha value is -2.49. The molecular weight excluding hydrogens is 254 g/mol. The van der Waals surface area contributed by atoms with Crippen molar-refractivity contribution < 1.29 is 14.6 Å². The van der Waals surface area contributed by atoms with Crippen LogP contribution in [0.15, 0.2) is 48.5 Å². The molecule has 1 amide bonds. The second-order valence-corrected chi connectivity index (χ2v) is 4.47. The van der Waals surface area contributed by atoms with Crippen LogP contribution < -0.4 is 9.64 Å². The van der Waals surface area contributed by atoms with Crippen LogP contribution in [-0.4, -0.2) is 25.2 Å². The first-order valence-corrected chi connectivity index (χ1v) is 6.29. The number of ether oxygens (including phenoxy) is 1. The van der Waals surface area contributed by atoms with Crippen molar-refractivity contribution in [1.82, 2.24) is 0 Å². The van der Waals surface area contributed by atoms with E-state index < -0.39 is 0 Å². The summed E-state index contributed by atoms with van der Waals surface area (Å²) in [6, 6.07) is 14.0. The summed E-state index contributed by atoms with van der Waals surface area (Å²) in [4.78, 5) is 13.8. The van der Waals surface area contributed by atoms with Crippen LogP contribution >= 0.6 is 0 Å². The number of para-hydroxylation sites is 2. The van der Waals surface area contributed by atoms with Crippen LogP contribution in [0.3, 0.4) is 0 Å². The van der Waals surface area contributed by atoms with Crippen LogP contribution in [0, 0.1) is 0 Å². The molecule has 0 heterocycles. The fourth-order valence-electron chi connectivity index (χ4n) is 1.95. The number of nitrogens with zero attached hydrogens (tertiary/aromatic N) is 1. The topological polar surface area (TPSA) is 49.8 Å². The molecule has 104 valence electrons. The first kappa shape index (κ1) is 13.9. The minimum atomic E-state index is -0.0415. The molecule has 20 heavy (non-hydrogen) atoms. The van der Waals surface area contributed by atoms with Crippen LogP contribution in [0.25, 0.3) is 0 Å². The number of hydrogen-bond acceptors (Lipinski definition) is 3. The maximum absolute atomic E-state index is 12.3. The van der Waals surface area contributed by atoms with Gasteiger partial charge in [0.15, 0.2) is 0 Å². The van der Waals surface area contributed by atoms with Crippen molar-refractivity contribution in [2.24, 2.45) is 0 Å². The molecule has 0 bridgehead atoms. The minimum absolute atomic E-state index is 0.0415. The molecule has 0 radical (unpaired) electrons. The molecule has 4 nitrogen and oxygen atoms in total. The van der Waals surface area contributed by atoms with Gasteiger partial charge in [-0.2, -0.15) is 0 Å². The van der Waals surface area contributed by atoms with Gasteiger partial charge in [-0.3, -0.25) is 4.79 Å². The van der Waals surface area contributed by atoms with Crippen molar-refractivity contribution in [1.29, 1.82) is 0 Å². The summed E-state index contributed by atoms with van der Waals surface area (Å²) in [6.07, 6.45) is 0.273. The molecule has 0 aliphatic carbocycles. The monoisotopic (exact) mass is 271 g/mol. The number of aromatic hydroxyl groups is 1. The number of likely N-dealkylation sites (N-methyl/N-ethyl adjacent to an activating group) is 1. The van der Waals surface area contributed by atoms with Crippen molar-refractivity contribution in [3.8, 4) is 11.5 Å². The van der Waals surface area contributed by atoms with Gasteiger partial charge in [0.1, 0.15) is 11.5 Å². The van der Waals surface area contributed by atoms with E-state index in [0.29, 0.717) is 5.75 Å². The number of hydrogen-bond donors (Lipinski definition) is 1. The van der Waals surface area contributed by atoms with Crippen LogP contribution in [-0.2, 0) is 11.2 Å². The number of phenols is 1. The summed E-state index contributed by atoms with van der Waals surface area (Å²) in [6.45, 7) is 0. The summed E-state index contributed by atoms with van der Waals surface area (Å²) in [5, 5.41) is 9.23. The maximum Gasteiger partial charge on any atom is 0.231 e. The van der Waals surface area contributed by atoms with Crippen molar-refractivity contribution in [2.75, 3.05) is 19.1 Å². The molecule has 0 spiro atoms. The lowest BCUT2D eigenvalue weighted by molar-refractivity contribution is -0.117. The fraction of sp³-hybridized carbons (Fsp3) is 0.188. The molecule has 0 saturated heterocycles. The number of benzene rings is 2. The molecule has 0 saturated carbocycles. The average Bonchev–Trinajstić information content (AvgIpc) is 2.48. The number of amides is 1. The van der Waals surface area contributed by atoms with Crippen LogP contribution in [0.1, 0.15) is 5.56 Å². The standard InChI is InChI=1S/C16H17NO3/c1-17(14-5-3-4-6-15(14)20-2)16(19)11-12-7-9-13(18)10-8-12/h3-10,18H,11H2,1-2H3. The Morgan fingerprint density at radius 1 is 1.15 bits per heavy atom. The van der Waals surface area contributed by atoms with Crippen molar-refractivity contribution in [3.63, 3.8) is 0 Å². The van der Waals surface area contributed by atoms with E-state index in [1.165, 1.54) is 0 Å². The van der Waals surface area contributed by atoms with Gasteiger partial charge in [0, 0.05) is 7.05 Å². The first-order chi connectivity index (χ1) is 9.61. The van der Waals surface area contributed by atoms with E-state index in [1.807, 2.05) is 24.3 Å². The van der Waals surface area contributed by atoms with Gasteiger partial charge in [-0.05, 0) is 29.8 Å². The van der Waals surface area contributed by atoms with Gasteiger partial charge in [-0.15, -0.1) is 0 Å². The fourth-order valence-corrected chi connectivity index (χ4v) is 1.95. The van der Waals surface area contributed by atoms with Crippen molar-refractivity contribution >= 4 is 11.6 Å². The minimum Gasteiger partial charge on any atom is -0.508 e. The predicted molar refractivity (Wildman–Crippen MR) is 78.2 cm³/mol. The normalized spacial score (nSPS) is 10.1. The lowest BCUT2D eigenvalue weighted by atomic mass is 10.1. The molecule has 1 N–H and O–H groups in total. The molecule has 2 aromatic rings. The molecule has 0 aliphatic heterocycles. The Labute approximate surface area is 118 Å².